The van der Waals surface area contributed by atoms with Gasteiger partial charge in [0, 0.05) is 23.8 Å². The van der Waals surface area contributed by atoms with Crippen LogP contribution in [0, 0.1) is 5.92 Å². The summed E-state index contributed by atoms with van der Waals surface area (Å²) in [6.07, 6.45) is 1.16. The SMILES string of the molecule is O=C1CCC(CSCc2ccccc2)C(=O)N1. The van der Waals surface area contributed by atoms with Crippen LogP contribution < -0.4 is 5.32 Å². The lowest BCUT2D eigenvalue weighted by Gasteiger charge is -2.20. The van der Waals surface area contributed by atoms with Crippen LogP contribution in [0.4, 0.5) is 0 Å². The highest BCUT2D eigenvalue weighted by Crippen LogP contribution is 2.20. The van der Waals surface area contributed by atoms with Gasteiger partial charge in [-0.3, -0.25) is 14.9 Å². The third-order valence-corrected chi connectivity index (χ3v) is 3.96. The molecule has 0 radical (unpaired) electrons. The predicted octanol–water partition coefficient (Wildman–Crippen LogP) is 1.97. The maximum atomic E-state index is 11.5. The highest BCUT2D eigenvalue weighted by molar-refractivity contribution is 7.98. The van der Waals surface area contributed by atoms with E-state index in [1.807, 2.05) is 18.2 Å². The highest BCUT2D eigenvalue weighted by atomic mass is 32.2. The van der Waals surface area contributed by atoms with Crippen molar-refractivity contribution >= 4 is 23.6 Å². The molecule has 1 heterocycles. The lowest BCUT2D eigenvalue weighted by Crippen LogP contribution is -2.41. The fourth-order valence-corrected chi connectivity index (χ4v) is 2.94. The summed E-state index contributed by atoms with van der Waals surface area (Å²) in [6, 6.07) is 10.2. The Kier molecular flexibility index (Phi) is 4.20. The highest BCUT2D eigenvalue weighted by Gasteiger charge is 2.25. The number of benzene rings is 1. The molecular weight excluding hydrogens is 234 g/mol. The number of thioether (sulfide) groups is 1. The molecule has 3 nitrogen and oxygen atoms in total. The largest absolute Gasteiger partial charge is 0.296 e. The lowest BCUT2D eigenvalue weighted by atomic mass is 10.0. The zero-order chi connectivity index (χ0) is 12.1. The zero-order valence-electron chi connectivity index (χ0n) is 9.52. The minimum atomic E-state index is -0.140. The maximum absolute atomic E-state index is 11.5. The van der Waals surface area contributed by atoms with Gasteiger partial charge in [-0.15, -0.1) is 0 Å². The van der Waals surface area contributed by atoms with Gasteiger partial charge in [0.2, 0.25) is 11.8 Å². The summed E-state index contributed by atoms with van der Waals surface area (Å²) in [7, 11) is 0. The molecule has 0 bridgehead atoms. The second-order valence-corrected chi connectivity index (χ2v) is 5.18. The van der Waals surface area contributed by atoms with Crippen molar-refractivity contribution in [2.24, 2.45) is 5.92 Å². The van der Waals surface area contributed by atoms with Gasteiger partial charge in [0.25, 0.3) is 0 Å². The van der Waals surface area contributed by atoms with E-state index in [1.54, 1.807) is 11.8 Å². The van der Waals surface area contributed by atoms with Crippen LogP contribution >= 0.6 is 11.8 Å². The average molecular weight is 249 g/mol. The minimum Gasteiger partial charge on any atom is -0.296 e. The van der Waals surface area contributed by atoms with Crippen LogP contribution in [0.1, 0.15) is 18.4 Å². The monoisotopic (exact) mass is 249 g/mol. The molecule has 1 aromatic carbocycles. The first-order valence-electron chi connectivity index (χ1n) is 5.71. The Labute approximate surface area is 105 Å². The summed E-state index contributed by atoms with van der Waals surface area (Å²) < 4.78 is 0. The van der Waals surface area contributed by atoms with E-state index in [0.29, 0.717) is 12.8 Å². The number of rotatable bonds is 4. The van der Waals surface area contributed by atoms with Crippen molar-refractivity contribution in [2.75, 3.05) is 5.75 Å². The molecule has 17 heavy (non-hydrogen) atoms. The van der Waals surface area contributed by atoms with Crippen molar-refractivity contribution in [3.63, 3.8) is 0 Å². The molecule has 0 aliphatic carbocycles. The molecule has 90 valence electrons. The summed E-state index contributed by atoms with van der Waals surface area (Å²) in [5.74, 6) is 1.44. The molecule has 1 aliphatic rings. The van der Waals surface area contributed by atoms with Crippen molar-refractivity contribution < 1.29 is 9.59 Å². The van der Waals surface area contributed by atoms with E-state index < -0.39 is 0 Å². The van der Waals surface area contributed by atoms with Crippen LogP contribution in [0.3, 0.4) is 0 Å². The van der Waals surface area contributed by atoms with E-state index in [0.717, 1.165) is 11.5 Å². The zero-order valence-corrected chi connectivity index (χ0v) is 10.3. The predicted molar refractivity (Wildman–Crippen MR) is 68.5 cm³/mol. The van der Waals surface area contributed by atoms with Gasteiger partial charge in [0.15, 0.2) is 0 Å². The molecule has 1 unspecified atom stereocenters. The molecule has 0 saturated carbocycles. The van der Waals surface area contributed by atoms with Gasteiger partial charge in [-0.1, -0.05) is 30.3 Å². The Hall–Kier alpha value is -1.29. The third-order valence-electron chi connectivity index (χ3n) is 2.78. The molecule has 1 saturated heterocycles. The van der Waals surface area contributed by atoms with Gasteiger partial charge in [-0.05, 0) is 12.0 Å². The Morgan fingerprint density at radius 2 is 2.00 bits per heavy atom. The first-order chi connectivity index (χ1) is 8.25. The smallest absolute Gasteiger partial charge is 0.230 e. The Balaban J connectivity index is 1.75. The molecule has 1 aliphatic heterocycles. The number of piperidine rings is 1. The minimum absolute atomic E-state index is 0.0126. The van der Waals surface area contributed by atoms with E-state index in [1.165, 1.54) is 5.56 Å². The number of imide groups is 1. The van der Waals surface area contributed by atoms with Crippen molar-refractivity contribution in [3.8, 4) is 0 Å². The molecular formula is C13H15NO2S. The molecule has 0 spiro atoms. The summed E-state index contributed by atoms with van der Waals surface area (Å²) >= 11 is 1.75. The number of carbonyl (C=O) groups is 2. The van der Waals surface area contributed by atoms with Crippen LogP contribution in [0.2, 0.25) is 0 Å². The molecule has 1 atom stereocenters. The van der Waals surface area contributed by atoms with E-state index in [9.17, 15) is 9.59 Å². The summed E-state index contributed by atoms with van der Waals surface area (Å²) in [5, 5.41) is 2.39. The van der Waals surface area contributed by atoms with E-state index in [2.05, 4.69) is 17.4 Å². The Morgan fingerprint density at radius 3 is 2.71 bits per heavy atom. The normalized spacial score (nSPS) is 20.1. The van der Waals surface area contributed by atoms with Crippen molar-refractivity contribution in [1.82, 2.24) is 5.32 Å². The van der Waals surface area contributed by atoms with Gasteiger partial charge >= 0.3 is 0 Å². The van der Waals surface area contributed by atoms with E-state index in [-0.39, 0.29) is 17.7 Å². The first-order valence-corrected chi connectivity index (χ1v) is 6.86. The number of hydrogen-bond donors (Lipinski definition) is 1. The number of carbonyl (C=O) groups excluding carboxylic acids is 2. The Bertz CT molecular complexity index is 405. The van der Waals surface area contributed by atoms with Crippen molar-refractivity contribution in [3.05, 3.63) is 35.9 Å². The Morgan fingerprint density at radius 1 is 1.24 bits per heavy atom. The average Bonchev–Trinajstić information content (AvgIpc) is 2.33. The lowest BCUT2D eigenvalue weighted by molar-refractivity contribution is -0.135. The van der Waals surface area contributed by atoms with E-state index in [4.69, 9.17) is 0 Å². The molecule has 2 amide bonds. The molecule has 1 fully saturated rings. The summed E-state index contributed by atoms with van der Waals surface area (Å²) in [5.41, 5.74) is 1.27. The maximum Gasteiger partial charge on any atom is 0.230 e. The number of amides is 2. The van der Waals surface area contributed by atoms with Gasteiger partial charge < -0.3 is 0 Å². The van der Waals surface area contributed by atoms with E-state index >= 15 is 0 Å². The van der Waals surface area contributed by atoms with Crippen LogP contribution in [0.5, 0.6) is 0 Å². The topological polar surface area (TPSA) is 46.2 Å². The molecule has 2 rings (SSSR count). The second kappa shape index (κ2) is 5.87. The second-order valence-electron chi connectivity index (χ2n) is 4.15. The molecule has 0 aromatic heterocycles. The quantitative estimate of drug-likeness (QED) is 0.830. The van der Waals surface area contributed by atoms with Crippen LogP contribution in [0.25, 0.3) is 0 Å². The first kappa shape index (κ1) is 12.2. The fraction of sp³-hybridized carbons (Fsp3) is 0.385. The third kappa shape index (κ3) is 3.60. The fourth-order valence-electron chi connectivity index (χ4n) is 1.79. The van der Waals surface area contributed by atoms with Crippen LogP contribution in [0.15, 0.2) is 30.3 Å². The van der Waals surface area contributed by atoms with Gasteiger partial charge in [0.1, 0.15) is 0 Å². The molecule has 1 N–H and O–H groups in total. The molecule has 4 heteroatoms. The van der Waals surface area contributed by atoms with Crippen LogP contribution in [-0.2, 0) is 15.3 Å². The number of nitrogens with one attached hydrogen (secondary N) is 1. The number of hydrogen-bond acceptors (Lipinski definition) is 3. The van der Waals surface area contributed by atoms with Crippen molar-refractivity contribution in [2.45, 2.75) is 18.6 Å². The van der Waals surface area contributed by atoms with Gasteiger partial charge in [0.05, 0.1) is 0 Å². The van der Waals surface area contributed by atoms with Gasteiger partial charge in [-0.25, -0.2) is 0 Å². The standard InChI is InChI=1S/C13H15NO2S/c15-12-7-6-11(13(16)14-12)9-17-8-10-4-2-1-3-5-10/h1-5,11H,6-9H2,(H,14,15,16). The summed E-state index contributed by atoms with van der Waals surface area (Å²) in [6.45, 7) is 0. The summed E-state index contributed by atoms with van der Waals surface area (Å²) in [4.78, 5) is 22.5. The van der Waals surface area contributed by atoms with Gasteiger partial charge in [-0.2, -0.15) is 11.8 Å². The molecule has 1 aromatic rings. The van der Waals surface area contributed by atoms with Crippen molar-refractivity contribution in [1.29, 1.82) is 0 Å². The van der Waals surface area contributed by atoms with Crippen LogP contribution in [-0.4, -0.2) is 17.6 Å².